The molecule has 0 radical (unpaired) electrons. The highest BCUT2D eigenvalue weighted by Gasteiger charge is 2.34. The molecule has 230 valence electrons. The summed E-state index contributed by atoms with van der Waals surface area (Å²) in [6.07, 6.45) is 6.22. The van der Waals surface area contributed by atoms with E-state index < -0.39 is 28.5 Å². The second-order valence-corrected chi connectivity index (χ2v) is 14.2. The number of nitrogens with zero attached hydrogens (tertiary/aromatic N) is 2. The van der Waals surface area contributed by atoms with E-state index in [2.05, 4.69) is 5.32 Å². The van der Waals surface area contributed by atoms with Gasteiger partial charge in [0.1, 0.15) is 12.6 Å². The minimum atomic E-state index is -3.90. The predicted octanol–water partition coefficient (Wildman–Crippen LogP) is 6.81. The van der Waals surface area contributed by atoms with Crippen molar-refractivity contribution in [3.63, 3.8) is 0 Å². The van der Waals surface area contributed by atoms with Gasteiger partial charge in [0.2, 0.25) is 21.8 Å². The molecule has 0 saturated heterocycles. The molecule has 3 aromatic carbocycles. The molecule has 0 aromatic heterocycles. The van der Waals surface area contributed by atoms with Crippen LogP contribution in [0.1, 0.15) is 48.8 Å². The molecule has 1 atom stereocenters. The maximum atomic E-state index is 14.3. The van der Waals surface area contributed by atoms with Crippen LogP contribution in [-0.2, 0) is 32.6 Å². The molecule has 7 nitrogen and oxygen atoms in total. The summed E-state index contributed by atoms with van der Waals surface area (Å²) < 4.78 is 27.0. The third-order valence-electron chi connectivity index (χ3n) is 7.68. The van der Waals surface area contributed by atoms with Gasteiger partial charge < -0.3 is 10.2 Å². The summed E-state index contributed by atoms with van der Waals surface area (Å²) in [4.78, 5) is 29.7. The van der Waals surface area contributed by atoms with Gasteiger partial charge in [-0.25, -0.2) is 8.42 Å². The Hall–Kier alpha value is -2.78. The molecule has 43 heavy (non-hydrogen) atoms. The number of carbonyl (C=O) groups is 2. The van der Waals surface area contributed by atoms with Gasteiger partial charge in [0.15, 0.2) is 0 Å². The summed E-state index contributed by atoms with van der Waals surface area (Å²) in [5.41, 5.74) is 2.54. The van der Waals surface area contributed by atoms with E-state index in [1.54, 1.807) is 37.3 Å². The molecule has 1 aliphatic carbocycles. The van der Waals surface area contributed by atoms with E-state index in [9.17, 15) is 18.0 Å². The fourth-order valence-corrected chi connectivity index (χ4v) is 6.62. The third-order valence-corrected chi connectivity index (χ3v) is 9.97. The molecule has 4 rings (SSSR count). The Morgan fingerprint density at radius 1 is 0.884 bits per heavy atom. The fraction of sp³-hybridized carbons (Fsp3) is 0.375. The molecule has 0 spiro atoms. The number of aryl methyl sites for hydroxylation is 1. The molecule has 1 saturated carbocycles. The maximum absolute atomic E-state index is 14.3. The van der Waals surface area contributed by atoms with Gasteiger partial charge >= 0.3 is 0 Å². The van der Waals surface area contributed by atoms with Crippen LogP contribution >= 0.6 is 34.8 Å². The van der Waals surface area contributed by atoms with Gasteiger partial charge in [0.25, 0.3) is 0 Å². The molecular weight excluding hydrogens is 629 g/mol. The zero-order valence-electron chi connectivity index (χ0n) is 24.2. The molecule has 11 heteroatoms. The Labute approximate surface area is 269 Å². The minimum absolute atomic E-state index is 0.0115. The van der Waals surface area contributed by atoms with E-state index in [1.807, 2.05) is 30.3 Å². The number of anilines is 1. The number of carbonyl (C=O) groups excluding carboxylic acids is 2. The van der Waals surface area contributed by atoms with Crippen LogP contribution in [0.5, 0.6) is 0 Å². The topological polar surface area (TPSA) is 86.8 Å². The number of rotatable bonds is 11. The lowest BCUT2D eigenvalue weighted by Gasteiger charge is -2.35. The van der Waals surface area contributed by atoms with Gasteiger partial charge in [-0.3, -0.25) is 13.9 Å². The largest absolute Gasteiger partial charge is 0.352 e. The van der Waals surface area contributed by atoms with Crippen molar-refractivity contribution in [2.45, 2.75) is 64.1 Å². The van der Waals surface area contributed by atoms with Crippen molar-refractivity contribution in [3.05, 3.63) is 98.5 Å². The molecule has 2 amide bonds. The number of hydrogen-bond acceptors (Lipinski definition) is 4. The minimum Gasteiger partial charge on any atom is -0.352 e. The van der Waals surface area contributed by atoms with Crippen molar-refractivity contribution in [1.82, 2.24) is 10.2 Å². The highest BCUT2D eigenvalue weighted by molar-refractivity contribution is 7.92. The smallest absolute Gasteiger partial charge is 0.244 e. The Morgan fingerprint density at radius 2 is 1.58 bits per heavy atom. The van der Waals surface area contributed by atoms with Crippen molar-refractivity contribution in [2.24, 2.45) is 0 Å². The second kappa shape index (κ2) is 14.8. The van der Waals surface area contributed by atoms with Crippen LogP contribution in [0.2, 0.25) is 15.1 Å². The molecule has 1 N–H and O–H groups in total. The molecule has 0 aliphatic heterocycles. The summed E-state index contributed by atoms with van der Waals surface area (Å²) in [6, 6.07) is 18.4. The fourth-order valence-electron chi connectivity index (χ4n) is 5.28. The molecule has 0 heterocycles. The van der Waals surface area contributed by atoms with Crippen molar-refractivity contribution in [1.29, 1.82) is 0 Å². The van der Waals surface area contributed by atoms with Gasteiger partial charge in [-0.15, -0.1) is 0 Å². The number of benzene rings is 3. The van der Waals surface area contributed by atoms with Crippen LogP contribution in [0.3, 0.4) is 0 Å². The highest BCUT2D eigenvalue weighted by atomic mass is 35.5. The standard InChI is InChI=1S/C32H36Cl3N3O4S/c1-22-13-15-26(19-28(22)34)38(43(2,41)42)21-31(39)37(20-24-14-16-27(33)29(35)17-24)30(18-23-9-5-3-6-10-23)32(40)36-25-11-7-4-8-12-25/h3,5-6,9-10,13-17,19,25,30H,4,7-8,11-12,18,20-21H2,1-2H3,(H,36,40). The average molecular weight is 665 g/mol. The van der Waals surface area contributed by atoms with Gasteiger partial charge in [-0.05, 0) is 60.7 Å². The Morgan fingerprint density at radius 3 is 2.21 bits per heavy atom. The quantitative estimate of drug-likeness (QED) is 0.244. The van der Waals surface area contributed by atoms with E-state index >= 15 is 0 Å². The molecule has 1 aliphatic rings. The van der Waals surface area contributed by atoms with Crippen LogP contribution < -0.4 is 9.62 Å². The first-order valence-electron chi connectivity index (χ1n) is 14.2. The second-order valence-electron chi connectivity index (χ2n) is 11.0. The van der Waals surface area contributed by atoms with Crippen LogP contribution in [0.4, 0.5) is 5.69 Å². The zero-order valence-corrected chi connectivity index (χ0v) is 27.3. The monoisotopic (exact) mass is 663 g/mol. The molecule has 1 fully saturated rings. The van der Waals surface area contributed by atoms with E-state index in [0.29, 0.717) is 20.6 Å². The summed E-state index contributed by atoms with van der Waals surface area (Å²) in [5, 5.41) is 4.23. The molecule has 3 aromatic rings. The van der Waals surface area contributed by atoms with Crippen LogP contribution in [-0.4, -0.2) is 50.0 Å². The number of sulfonamides is 1. The number of nitrogens with one attached hydrogen (secondary N) is 1. The Kier molecular flexibility index (Phi) is 11.4. The normalized spacial score (nSPS) is 14.6. The van der Waals surface area contributed by atoms with Gasteiger partial charge in [0, 0.05) is 24.0 Å². The van der Waals surface area contributed by atoms with Gasteiger partial charge in [0.05, 0.1) is 22.0 Å². The first kappa shape index (κ1) is 33.1. The number of halogens is 3. The van der Waals surface area contributed by atoms with E-state index in [0.717, 1.165) is 53.8 Å². The third kappa shape index (κ3) is 9.11. The van der Waals surface area contributed by atoms with Crippen molar-refractivity contribution >= 4 is 62.3 Å². The summed E-state index contributed by atoms with van der Waals surface area (Å²) in [5.74, 6) is -0.832. The lowest BCUT2D eigenvalue weighted by molar-refractivity contribution is -0.140. The Balaban J connectivity index is 1.74. The first-order valence-corrected chi connectivity index (χ1v) is 17.2. The number of amides is 2. The summed E-state index contributed by atoms with van der Waals surface area (Å²) in [6.45, 7) is 1.29. The molecule has 1 unspecified atom stereocenters. The van der Waals surface area contributed by atoms with Crippen LogP contribution in [0.15, 0.2) is 66.7 Å². The van der Waals surface area contributed by atoms with Crippen LogP contribution in [0, 0.1) is 6.92 Å². The predicted molar refractivity (Wildman–Crippen MR) is 174 cm³/mol. The summed E-state index contributed by atoms with van der Waals surface area (Å²) >= 11 is 18.8. The van der Waals surface area contributed by atoms with E-state index in [1.165, 1.54) is 11.0 Å². The summed E-state index contributed by atoms with van der Waals surface area (Å²) in [7, 11) is -3.90. The van der Waals surface area contributed by atoms with Gasteiger partial charge in [-0.2, -0.15) is 0 Å². The Bertz CT molecular complexity index is 1550. The lowest BCUT2D eigenvalue weighted by Crippen LogP contribution is -2.55. The van der Waals surface area contributed by atoms with Crippen molar-refractivity contribution in [2.75, 3.05) is 17.1 Å². The zero-order chi connectivity index (χ0) is 31.1. The van der Waals surface area contributed by atoms with E-state index in [-0.39, 0.29) is 30.6 Å². The maximum Gasteiger partial charge on any atom is 0.244 e. The molecule has 0 bridgehead atoms. The van der Waals surface area contributed by atoms with Crippen molar-refractivity contribution in [3.8, 4) is 0 Å². The highest BCUT2D eigenvalue weighted by Crippen LogP contribution is 2.27. The van der Waals surface area contributed by atoms with Crippen molar-refractivity contribution < 1.29 is 18.0 Å². The first-order chi connectivity index (χ1) is 20.4. The van der Waals surface area contributed by atoms with Crippen LogP contribution in [0.25, 0.3) is 0 Å². The van der Waals surface area contributed by atoms with Gasteiger partial charge in [-0.1, -0.05) is 96.5 Å². The van der Waals surface area contributed by atoms with E-state index in [4.69, 9.17) is 34.8 Å². The average Bonchev–Trinajstić information content (AvgIpc) is 2.97. The molecular formula is C32H36Cl3N3O4S. The SMILES string of the molecule is Cc1ccc(N(CC(=O)N(Cc2ccc(Cl)c(Cl)c2)C(Cc2ccccc2)C(=O)NC2CCCCC2)S(C)(=O)=O)cc1Cl. The number of hydrogen-bond donors (Lipinski definition) is 1. The lowest BCUT2D eigenvalue weighted by atomic mass is 9.94.